The molecule has 0 fully saturated rings. The lowest BCUT2D eigenvalue weighted by atomic mass is 9.97. The lowest BCUT2D eigenvalue weighted by Crippen LogP contribution is -2.02. The molecule has 0 aromatic carbocycles. The van der Waals surface area contributed by atoms with E-state index >= 15 is 0 Å². The molecule has 0 aliphatic carbocycles. The Hall–Kier alpha value is -3.14. The average Bonchev–Trinajstić information content (AvgIpc) is 3.09. The first-order valence-electron chi connectivity index (χ1n) is 6.64. The molecule has 0 bridgehead atoms. The quantitative estimate of drug-likeness (QED) is 0.776. The Morgan fingerprint density at radius 3 is 2.68 bits per heavy atom. The Bertz CT molecular complexity index is 899. The van der Waals surface area contributed by atoms with Gasteiger partial charge in [-0.3, -0.25) is 4.68 Å². The van der Waals surface area contributed by atoms with Crippen LogP contribution in [0.5, 0.6) is 0 Å². The fourth-order valence-electron chi connectivity index (χ4n) is 2.42. The molecule has 0 radical (unpaired) electrons. The Morgan fingerprint density at radius 2 is 2.14 bits per heavy atom. The number of aromatic nitrogens is 4. The van der Waals surface area contributed by atoms with Crippen LogP contribution in [-0.2, 0) is 7.05 Å². The molecule has 3 aromatic rings. The van der Waals surface area contributed by atoms with Crippen LogP contribution in [0, 0.1) is 25.2 Å². The summed E-state index contributed by atoms with van der Waals surface area (Å²) in [4.78, 5) is 4.36. The molecular formula is C15H14N6O. The van der Waals surface area contributed by atoms with E-state index in [1.807, 2.05) is 27.1 Å². The van der Waals surface area contributed by atoms with Gasteiger partial charge in [-0.15, -0.1) is 0 Å². The number of nitrogens with zero attached hydrogens (tertiary/aromatic N) is 5. The van der Waals surface area contributed by atoms with Crippen molar-refractivity contribution in [2.24, 2.45) is 7.05 Å². The summed E-state index contributed by atoms with van der Waals surface area (Å²) in [6.07, 6.45) is 3.55. The summed E-state index contributed by atoms with van der Waals surface area (Å²) in [7, 11) is 1.83. The zero-order chi connectivity index (χ0) is 15.9. The zero-order valence-electron chi connectivity index (χ0n) is 12.5. The number of hydrogen-bond donors (Lipinski definition) is 1. The van der Waals surface area contributed by atoms with E-state index in [4.69, 9.17) is 10.3 Å². The van der Waals surface area contributed by atoms with Gasteiger partial charge >= 0.3 is 0 Å². The zero-order valence-corrected chi connectivity index (χ0v) is 12.5. The van der Waals surface area contributed by atoms with Gasteiger partial charge in [-0.25, -0.2) is 4.98 Å². The summed E-state index contributed by atoms with van der Waals surface area (Å²) in [6, 6.07) is 3.87. The van der Waals surface area contributed by atoms with E-state index < -0.39 is 0 Å². The highest BCUT2D eigenvalue weighted by molar-refractivity contribution is 5.81. The minimum Gasteiger partial charge on any atom is -0.383 e. The number of nitrogen functional groups attached to an aromatic ring is 1. The summed E-state index contributed by atoms with van der Waals surface area (Å²) in [5.41, 5.74) is 9.92. The van der Waals surface area contributed by atoms with E-state index in [0.29, 0.717) is 22.6 Å². The van der Waals surface area contributed by atoms with Crippen molar-refractivity contribution in [2.75, 3.05) is 5.73 Å². The normalized spacial score (nSPS) is 10.6. The van der Waals surface area contributed by atoms with Crippen LogP contribution in [0.3, 0.4) is 0 Å². The maximum Gasteiger partial charge on any atom is 0.168 e. The second-order valence-corrected chi connectivity index (χ2v) is 5.07. The van der Waals surface area contributed by atoms with Crippen LogP contribution in [0.4, 0.5) is 5.82 Å². The molecule has 0 aliphatic rings. The number of hydrogen-bond acceptors (Lipinski definition) is 6. The molecule has 0 saturated heterocycles. The van der Waals surface area contributed by atoms with Crippen LogP contribution in [0.1, 0.15) is 16.8 Å². The number of nitriles is 1. The Morgan fingerprint density at radius 1 is 1.36 bits per heavy atom. The van der Waals surface area contributed by atoms with Gasteiger partial charge in [-0.1, -0.05) is 5.16 Å². The predicted octanol–water partition coefficient (Wildman–Crippen LogP) is 2.21. The van der Waals surface area contributed by atoms with Gasteiger partial charge in [-0.05, 0) is 19.4 Å². The molecule has 0 amide bonds. The van der Waals surface area contributed by atoms with E-state index in [2.05, 4.69) is 21.3 Å². The van der Waals surface area contributed by atoms with Crippen LogP contribution < -0.4 is 5.73 Å². The second kappa shape index (κ2) is 5.00. The molecule has 7 nitrogen and oxygen atoms in total. The van der Waals surface area contributed by atoms with Gasteiger partial charge in [0.2, 0.25) is 0 Å². The molecule has 0 spiro atoms. The standard InChI is InChI=1S/C15H14N6O/c1-8-4-12(22-20-8)13-9(2)14(10-6-18-21(3)7-10)19-15(17)11(13)5-16/h4,6-7H,1-3H3,(H2,17,19). The molecule has 3 rings (SSSR count). The number of nitrogens with two attached hydrogens (primary N) is 1. The number of anilines is 1. The van der Waals surface area contributed by atoms with Crippen LogP contribution in [-0.4, -0.2) is 19.9 Å². The number of pyridine rings is 1. The first-order chi connectivity index (χ1) is 10.5. The smallest absolute Gasteiger partial charge is 0.168 e. The monoisotopic (exact) mass is 294 g/mol. The molecule has 0 aliphatic heterocycles. The topological polar surface area (TPSA) is 107 Å². The first kappa shape index (κ1) is 13.8. The van der Waals surface area contributed by atoms with Gasteiger partial charge in [-0.2, -0.15) is 10.4 Å². The fourth-order valence-corrected chi connectivity index (χ4v) is 2.42. The lowest BCUT2D eigenvalue weighted by molar-refractivity contribution is 0.427. The molecule has 3 heterocycles. The largest absolute Gasteiger partial charge is 0.383 e. The van der Waals surface area contributed by atoms with Crippen LogP contribution in [0.2, 0.25) is 0 Å². The predicted molar refractivity (Wildman–Crippen MR) is 80.5 cm³/mol. The number of rotatable bonds is 2. The van der Waals surface area contributed by atoms with Gasteiger partial charge < -0.3 is 10.3 Å². The molecule has 3 aromatic heterocycles. The van der Waals surface area contributed by atoms with E-state index in [9.17, 15) is 5.26 Å². The molecule has 7 heteroatoms. The molecule has 2 N–H and O–H groups in total. The molecule has 0 saturated carbocycles. The van der Waals surface area contributed by atoms with Crippen molar-refractivity contribution in [3.05, 3.63) is 35.3 Å². The Kier molecular flexibility index (Phi) is 3.14. The first-order valence-corrected chi connectivity index (χ1v) is 6.64. The summed E-state index contributed by atoms with van der Waals surface area (Å²) in [5.74, 6) is 0.668. The molecule has 0 atom stereocenters. The Balaban J connectivity index is 2.32. The SMILES string of the molecule is Cc1cc(-c2c(C)c(-c3cnn(C)c3)nc(N)c2C#N)on1. The molecule has 110 valence electrons. The highest BCUT2D eigenvalue weighted by Gasteiger charge is 2.21. The third-order valence-electron chi connectivity index (χ3n) is 3.43. The van der Waals surface area contributed by atoms with Crippen LogP contribution in [0.15, 0.2) is 23.0 Å². The van der Waals surface area contributed by atoms with Crippen molar-refractivity contribution in [1.29, 1.82) is 5.26 Å². The van der Waals surface area contributed by atoms with Crippen molar-refractivity contribution in [1.82, 2.24) is 19.9 Å². The average molecular weight is 294 g/mol. The van der Waals surface area contributed by atoms with Gasteiger partial charge in [0.15, 0.2) is 5.76 Å². The summed E-state index contributed by atoms with van der Waals surface area (Å²) in [6.45, 7) is 3.70. The van der Waals surface area contributed by atoms with E-state index in [0.717, 1.165) is 16.8 Å². The summed E-state index contributed by atoms with van der Waals surface area (Å²) < 4.78 is 7.00. The van der Waals surface area contributed by atoms with E-state index in [1.165, 1.54) is 0 Å². The van der Waals surface area contributed by atoms with Gasteiger partial charge in [0.05, 0.1) is 17.6 Å². The van der Waals surface area contributed by atoms with Gasteiger partial charge in [0.25, 0.3) is 0 Å². The molecule has 22 heavy (non-hydrogen) atoms. The van der Waals surface area contributed by atoms with Crippen molar-refractivity contribution in [3.63, 3.8) is 0 Å². The van der Waals surface area contributed by atoms with E-state index in [1.54, 1.807) is 16.9 Å². The highest BCUT2D eigenvalue weighted by Crippen LogP contribution is 2.35. The van der Waals surface area contributed by atoms with Crippen molar-refractivity contribution in [3.8, 4) is 28.7 Å². The van der Waals surface area contributed by atoms with Crippen molar-refractivity contribution < 1.29 is 4.52 Å². The lowest BCUT2D eigenvalue weighted by Gasteiger charge is -2.11. The summed E-state index contributed by atoms with van der Waals surface area (Å²) >= 11 is 0. The third-order valence-corrected chi connectivity index (χ3v) is 3.43. The van der Waals surface area contributed by atoms with Crippen LogP contribution in [0.25, 0.3) is 22.6 Å². The van der Waals surface area contributed by atoms with Crippen molar-refractivity contribution in [2.45, 2.75) is 13.8 Å². The summed E-state index contributed by atoms with van der Waals surface area (Å²) in [5, 5.41) is 17.4. The van der Waals surface area contributed by atoms with Crippen molar-refractivity contribution >= 4 is 5.82 Å². The minimum atomic E-state index is 0.163. The number of aryl methyl sites for hydroxylation is 2. The maximum atomic E-state index is 9.41. The third kappa shape index (κ3) is 2.11. The Labute approximate surface area is 127 Å². The molecule has 0 unspecified atom stereocenters. The molecular weight excluding hydrogens is 280 g/mol. The van der Waals surface area contributed by atoms with Crippen LogP contribution >= 0.6 is 0 Å². The maximum absolute atomic E-state index is 9.41. The minimum absolute atomic E-state index is 0.163. The van der Waals surface area contributed by atoms with Gasteiger partial charge in [0.1, 0.15) is 17.5 Å². The van der Waals surface area contributed by atoms with Gasteiger partial charge in [0, 0.05) is 30.4 Å². The fraction of sp³-hybridized carbons (Fsp3) is 0.200. The second-order valence-electron chi connectivity index (χ2n) is 5.07. The highest BCUT2D eigenvalue weighted by atomic mass is 16.5. The van der Waals surface area contributed by atoms with E-state index in [-0.39, 0.29) is 5.82 Å².